The Morgan fingerprint density at radius 2 is 2.38 bits per heavy atom. The van der Waals surface area contributed by atoms with Gasteiger partial charge in [-0.2, -0.15) is 16.4 Å². The number of aliphatic imine (C=N–C) groups is 1. The number of nitrogens with one attached hydrogen (secondary N) is 1. The van der Waals surface area contributed by atoms with Gasteiger partial charge in [0.1, 0.15) is 6.10 Å². The van der Waals surface area contributed by atoms with Crippen LogP contribution in [0, 0.1) is 0 Å². The third kappa shape index (κ3) is 5.43. The molecule has 2 aromatic rings. The van der Waals surface area contributed by atoms with Gasteiger partial charge in [0.05, 0.1) is 19.3 Å². The van der Waals surface area contributed by atoms with Crippen molar-refractivity contribution in [3.63, 3.8) is 0 Å². The molecule has 6 nitrogen and oxygen atoms in total. The minimum atomic E-state index is 0. The minimum absolute atomic E-state index is 0. The first-order valence-electron chi connectivity index (χ1n) is 8.83. The summed E-state index contributed by atoms with van der Waals surface area (Å²) in [6.45, 7) is 8.34. The fraction of sp³-hybridized carbons (Fsp3) is 0.556. The molecule has 1 fully saturated rings. The third-order valence-corrected chi connectivity index (χ3v) is 5.13. The van der Waals surface area contributed by atoms with E-state index in [1.54, 1.807) is 11.3 Å². The van der Waals surface area contributed by atoms with Crippen LogP contribution in [0.5, 0.6) is 0 Å². The first-order chi connectivity index (χ1) is 12.2. The summed E-state index contributed by atoms with van der Waals surface area (Å²) in [7, 11) is 1.93. The van der Waals surface area contributed by atoms with Crippen LogP contribution in [0.15, 0.2) is 34.2 Å². The lowest BCUT2D eigenvalue weighted by Gasteiger charge is -2.35. The molecule has 3 heterocycles. The quantitative estimate of drug-likeness (QED) is 0.398. The molecule has 1 saturated heterocycles. The molecule has 1 aliphatic rings. The van der Waals surface area contributed by atoms with Crippen LogP contribution in [0.4, 0.5) is 0 Å². The highest BCUT2D eigenvalue weighted by Crippen LogP contribution is 2.22. The van der Waals surface area contributed by atoms with Crippen LogP contribution in [0.25, 0.3) is 0 Å². The number of halogens is 1. The SMILES string of the molecule is CCNC(=NCC(C)c1ccsc1)N1CCOC(c2cnn(C)c2)C1.I. The second kappa shape index (κ2) is 10.3. The van der Waals surface area contributed by atoms with E-state index in [2.05, 4.69) is 46.0 Å². The van der Waals surface area contributed by atoms with Gasteiger partial charge < -0.3 is 15.0 Å². The van der Waals surface area contributed by atoms with Gasteiger partial charge in [0.15, 0.2) is 5.96 Å². The molecule has 2 atom stereocenters. The van der Waals surface area contributed by atoms with E-state index in [1.165, 1.54) is 5.56 Å². The molecule has 0 radical (unpaired) electrons. The highest BCUT2D eigenvalue weighted by molar-refractivity contribution is 14.0. The minimum Gasteiger partial charge on any atom is -0.370 e. The first kappa shape index (κ1) is 21.2. The van der Waals surface area contributed by atoms with E-state index in [0.29, 0.717) is 12.5 Å². The molecule has 3 rings (SSSR count). The van der Waals surface area contributed by atoms with Gasteiger partial charge in [-0.1, -0.05) is 6.92 Å². The molecule has 1 aliphatic heterocycles. The lowest BCUT2D eigenvalue weighted by Crippen LogP contribution is -2.48. The number of guanidine groups is 1. The Balaban J connectivity index is 0.00000243. The molecule has 0 aromatic carbocycles. The fourth-order valence-corrected chi connectivity index (χ4v) is 3.74. The van der Waals surface area contributed by atoms with Crippen molar-refractivity contribution in [1.29, 1.82) is 0 Å². The van der Waals surface area contributed by atoms with E-state index < -0.39 is 0 Å². The van der Waals surface area contributed by atoms with E-state index in [9.17, 15) is 0 Å². The summed E-state index contributed by atoms with van der Waals surface area (Å²) in [4.78, 5) is 7.18. The summed E-state index contributed by atoms with van der Waals surface area (Å²) < 4.78 is 7.76. The maximum atomic E-state index is 5.94. The van der Waals surface area contributed by atoms with Gasteiger partial charge in [-0.05, 0) is 29.3 Å². The van der Waals surface area contributed by atoms with Crippen molar-refractivity contribution >= 4 is 41.3 Å². The number of aromatic nitrogens is 2. The Bertz CT molecular complexity index is 688. The smallest absolute Gasteiger partial charge is 0.194 e. The molecule has 8 heteroatoms. The van der Waals surface area contributed by atoms with Gasteiger partial charge in [-0.25, -0.2) is 0 Å². The topological polar surface area (TPSA) is 54.7 Å². The van der Waals surface area contributed by atoms with Gasteiger partial charge in [-0.3, -0.25) is 9.67 Å². The van der Waals surface area contributed by atoms with Crippen molar-refractivity contribution in [2.24, 2.45) is 12.0 Å². The molecule has 0 bridgehead atoms. The summed E-state index contributed by atoms with van der Waals surface area (Å²) >= 11 is 1.74. The van der Waals surface area contributed by atoms with Crippen molar-refractivity contribution < 1.29 is 4.74 Å². The number of aryl methyl sites for hydroxylation is 1. The fourth-order valence-electron chi connectivity index (χ4n) is 2.96. The molecule has 1 N–H and O–H groups in total. The van der Waals surface area contributed by atoms with Crippen molar-refractivity contribution in [3.8, 4) is 0 Å². The zero-order chi connectivity index (χ0) is 17.6. The molecule has 2 aromatic heterocycles. The molecule has 0 aliphatic carbocycles. The lowest BCUT2D eigenvalue weighted by molar-refractivity contribution is -0.00804. The van der Waals surface area contributed by atoms with E-state index in [0.717, 1.165) is 37.7 Å². The average molecular weight is 489 g/mol. The number of hydrogen-bond acceptors (Lipinski definition) is 4. The van der Waals surface area contributed by atoms with Gasteiger partial charge in [-0.15, -0.1) is 24.0 Å². The maximum absolute atomic E-state index is 5.94. The van der Waals surface area contributed by atoms with Gasteiger partial charge in [0, 0.05) is 44.4 Å². The Morgan fingerprint density at radius 3 is 3.04 bits per heavy atom. The lowest BCUT2D eigenvalue weighted by atomic mass is 10.1. The van der Waals surface area contributed by atoms with Crippen LogP contribution >= 0.6 is 35.3 Å². The second-order valence-electron chi connectivity index (χ2n) is 6.41. The molecular weight excluding hydrogens is 461 g/mol. The number of morpholine rings is 1. The summed E-state index contributed by atoms with van der Waals surface area (Å²) in [5, 5.41) is 12.0. The number of thiophene rings is 1. The largest absolute Gasteiger partial charge is 0.370 e. The summed E-state index contributed by atoms with van der Waals surface area (Å²) in [5.74, 6) is 1.40. The predicted molar refractivity (Wildman–Crippen MR) is 118 cm³/mol. The van der Waals surface area contributed by atoms with Crippen molar-refractivity contribution in [2.45, 2.75) is 25.9 Å². The van der Waals surface area contributed by atoms with Gasteiger partial charge >= 0.3 is 0 Å². The van der Waals surface area contributed by atoms with Crippen LogP contribution in [0.1, 0.15) is 37.0 Å². The third-order valence-electron chi connectivity index (χ3n) is 4.42. The summed E-state index contributed by atoms with van der Waals surface area (Å²) in [6, 6.07) is 2.19. The van der Waals surface area contributed by atoms with E-state index in [1.807, 2.05) is 24.1 Å². The number of rotatable bonds is 5. The first-order valence-corrected chi connectivity index (χ1v) is 9.77. The van der Waals surface area contributed by atoms with Crippen LogP contribution in [0.3, 0.4) is 0 Å². The standard InChI is InChI=1S/C18H27N5OS.HI/c1-4-19-18(20-9-14(2)15-5-8-25-13-15)23-6-7-24-17(12-23)16-10-21-22(3)11-16;/h5,8,10-11,13-14,17H,4,6-7,9,12H2,1-3H3,(H,19,20);1H. The van der Waals surface area contributed by atoms with Gasteiger partial charge in [0.2, 0.25) is 0 Å². The van der Waals surface area contributed by atoms with Crippen LogP contribution in [-0.4, -0.2) is 53.4 Å². The molecule has 26 heavy (non-hydrogen) atoms. The normalized spacial score (nSPS) is 19.1. The molecule has 144 valence electrons. The highest BCUT2D eigenvalue weighted by Gasteiger charge is 2.25. The van der Waals surface area contributed by atoms with Crippen molar-refractivity contribution in [1.82, 2.24) is 20.0 Å². The monoisotopic (exact) mass is 489 g/mol. The van der Waals surface area contributed by atoms with E-state index in [-0.39, 0.29) is 30.1 Å². The Kier molecular flexibility index (Phi) is 8.36. The van der Waals surface area contributed by atoms with Crippen molar-refractivity contribution in [2.75, 3.05) is 32.8 Å². The Labute approximate surface area is 176 Å². The number of ether oxygens (including phenoxy) is 1. The molecule has 0 saturated carbocycles. The van der Waals surface area contributed by atoms with Crippen LogP contribution in [0.2, 0.25) is 0 Å². The summed E-state index contributed by atoms with van der Waals surface area (Å²) in [6.07, 6.45) is 3.95. The molecular formula is C18H28IN5OS. The average Bonchev–Trinajstić information content (AvgIpc) is 3.30. The second-order valence-corrected chi connectivity index (χ2v) is 7.19. The van der Waals surface area contributed by atoms with Crippen LogP contribution < -0.4 is 5.32 Å². The van der Waals surface area contributed by atoms with Crippen molar-refractivity contribution in [3.05, 3.63) is 40.3 Å². The van der Waals surface area contributed by atoms with Crippen LogP contribution in [-0.2, 0) is 11.8 Å². The maximum Gasteiger partial charge on any atom is 0.194 e. The molecule has 0 spiro atoms. The Hall–Kier alpha value is -1.13. The highest BCUT2D eigenvalue weighted by atomic mass is 127. The Morgan fingerprint density at radius 1 is 1.54 bits per heavy atom. The van der Waals surface area contributed by atoms with Gasteiger partial charge in [0.25, 0.3) is 0 Å². The number of nitrogens with zero attached hydrogens (tertiary/aromatic N) is 4. The zero-order valence-electron chi connectivity index (χ0n) is 15.6. The summed E-state index contributed by atoms with van der Waals surface area (Å²) in [5.41, 5.74) is 2.48. The predicted octanol–water partition coefficient (Wildman–Crippen LogP) is 3.24. The van der Waals surface area contributed by atoms with E-state index in [4.69, 9.17) is 9.73 Å². The van der Waals surface area contributed by atoms with E-state index >= 15 is 0 Å². The molecule has 0 amide bonds. The number of hydrogen-bond donors (Lipinski definition) is 1. The molecule has 2 unspecified atom stereocenters. The zero-order valence-corrected chi connectivity index (χ0v) is 18.7.